The number of hydrogen-bond donors (Lipinski definition) is 1. The molecule has 86 valence electrons. The molecule has 3 heteroatoms. The third-order valence-electron chi connectivity index (χ3n) is 3.44. The van der Waals surface area contributed by atoms with Crippen LogP contribution in [0.25, 0.3) is 0 Å². The van der Waals surface area contributed by atoms with Gasteiger partial charge in [0.15, 0.2) is 0 Å². The predicted molar refractivity (Wildman–Crippen MR) is 66.0 cm³/mol. The van der Waals surface area contributed by atoms with E-state index in [9.17, 15) is 0 Å². The summed E-state index contributed by atoms with van der Waals surface area (Å²) in [6.07, 6.45) is 11.8. The lowest BCUT2D eigenvalue weighted by atomic mass is 9.88. The minimum atomic E-state index is 0.540. The van der Waals surface area contributed by atoms with E-state index in [-0.39, 0.29) is 0 Å². The number of aromatic nitrogens is 2. The molecule has 1 heterocycles. The molecule has 0 radical (unpaired) electrons. The van der Waals surface area contributed by atoms with Crippen LogP contribution in [0, 0.1) is 19.3 Å². The van der Waals surface area contributed by atoms with Crippen LogP contribution >= 0.6 is 0 Å². The molecule has 1 fully saturated rings. The largest absolute Gasteiger partial charge is 0.384 e. The summed E-state index contributed by atoms with van der Waals surface area (Å²) in [4.78, 5) is 4.59. The van der Waals surface area contributed by atoms with E-state index in [0.717, 1.165) is 17.3 Å². The Morgan fingerprint density at radius 1 is 1.44 bits per heavy atom. The molecule has 1 saturated carbocycles. The third-order valence-corrected chi connectivity index (χ3v) is 3.44. The number of terminal acetylenes is 1. The van der Waals surface area contributed by atoms with Crippen molar-refractivity contribution < 1.29 is 0 Å². The molecule has 0 saturated heterocycles. The first kappa shape index (κ1) is 11.1. The molecule has 0 atom stereocenters. The molecule has 0 amide bonds. The third kappa shape index (κ3) is 1.92. The van der Waals surface area contributed by atoms with Crippen molar-refractivity contribution in [2.45, 2.75) is 51.5 Å². The van der Waals surface area contributed by atoms with Crippen molar-refractivity contribution in [3.8, 4) is 12.3 Å². The van der Waals surface area contributed by atoms with Crippen molar-refractivity contribution in [2.75, 3.05) is 5.73 Å². The summed E-state index contributed by atoms with van der Waals surface area (Å²) >= 11 is 0. The van der Waals surface area contributed by atoms with Gasteiger partial charge in [-0.2, -0.15) is 0 Å². The zero-order chi connectivity index (χ0) is 11.5. The molecule has 1 aromatic heterocycles. The van der Waals surface area contributed by atoms with Gasteiger partial charge in [0.05, 0.1) is 12.2 Å². The fourth-order valence-electron chi connectivity index (χ4n) is 2.54. The molecule has 0 unspecified atom stereocenters. The summed E-state index contributed by atoms with van der Waals surface area (Å²) < 4.78 is 2.01. The topological polar surface area (TPSA) is 43.8 Å². The lowest BCUT2D eigenvalue weighted by Gasteiger charge is -2.21. The summed E-state index contributed by atoms with van der Waals surface area (Å²) in [6.45, 7) is 2.49. The second-order valence-electron chi connectivity index (χ2n) is 4.57. The Morgan fingerprint density at radius 2 is 2.12 bits per heavy atom. The van der Waals surface area contributed by atoms with Crippen molar-refractivity contribution in [1.82, 2.24) is 9.55 Å². The van der Waals surface area contributed by atoms with Crippen LogP contribution in [-0.4, -0.2) is 9.55 Å². The maximum absolute atomic E-state index is 6.00. The van der Waals surface area contributed by atoms with Gasteiger partial charge in [0.2, 0.25) is 0 Å². The molecule has 1 aromatic rings. The Hall–Kier alpha value is -1.43. The molecule has 0 aromatic carbocycles. The van der Waals surface area contributed by atoms with E-state index in [2.05, 4.69) is 10.9 Å². The monoisotopic (exact) mass is 217 g/mol. The maximum atomic E-state index is 6.00. The van der Waals surface area contributed by atoms with Gasteiger partial charge in [-0.3, -0.25) is 0 Å². The van der Waals surface area contributed by atoms with Crippen LogP contribution in [0.1, 0.15) is 49.5 Å². The summed E-state index contributed by atoms with van der Waals surface area (Å²) in [5, 5.41) is 0. The molecule has 3 nitrogen and oxygen atoms in total. The molecule has 1 aliphatic rings. The zero-order valence-electron chi connectivity index (χ0n) is 9.87. The summed E-state index contributed by atoms with van der Waals surface area (Å²) in [6, 6.07) is 0. The number of anilines is 1. The quantitative estimate of drug-likeness (QED) is 0.773. The number of aryl methyl sites for hydroxylation is 1. The van der Waals surface area contributed by atoms with Crippen LogP contribution in [0.15, 0.2) is 0 Å². The first-order valence-electron chi connectivity index (χ1n) is 6.00. The van der Waals surface area contributed by atoms with Gasteiger partial charge < -0.3 is 10.3 Å². The summed E-state index contributed by atoms with van der Waals surface area (Å²) in [7, 11) is 0. The second kappa shape index (κ2) is 4.61. The number of rotatable bonds is 2. The van der Waals surface area contributed by atoms with Crippen molar-refractivity contribution >= 4 is 5.82 Å². The zero-order valence-corrected chi connectivity index (χ0v) is 9.87. The van der Waals surface area contributed by atoms with E-state index < -0.39 is 0 Å². The highest BCUT2D eigenvalue weighted by Crippen LogP contribution is 2.33. The smallest absolute Gasteiger partial charge is 0.127 e. The second-order valence-corrected chi connectivity index (χ2v) is 4.57. The van der Waals surface area contributed by atoms with E-state index in [1.54, 1.807) is 0 Å². The van der Waals surface area contributed by atoms with Crippen LogP contribution in [0.5, 0.6) is 0 Å². The van der Waals surface area contributed by atoms with E-state index in [0.29, 0.717) is 12.5 Å². The fraction of sp³-hybridized carbons (Fsp3) is 0.615. The Balaban J connectivity index is 2.31. The standard InChI is InChI=1S/C13H19N3/c1-3-9-16-12(14)10(2)15-13(16)11-7-5-4-6-8-11/h1,11H,4-9,14H2,2H3. The van der Waals surface area contributed by atoms with E-state index in [1.165, 1.54) is 32.1 Å². The average molecular weight is 217 g/mol. The van der Waals surface area contributed by atoms with Gasteiger partial charge in [-0.15, -0.1) is 6.42 Å². The van der Waals surface area contributed by atoms with Gasteiger partial charge in [0.1, 0.15) is 11.6 Å². The van der Waals surface area contributed by atoms with Crippen molar-refractivity contribution in [1.29, 1.82) is 0 Å². The van der Waals surface area contributed by atoms with Crippen LogP contribution in [0.2, 0.25) is 0 Å². The minimum Gasteiger partial charge on any atom is -0.384 e. The minimum absolute atomic E-state index is 0.540. The predicted octanol–water partition coefficient (Wildman–Crippen LogP) is 2.45. The summed E-state index contributed by atoms with van der Waals surface area (Å²) in [5.41, 5.74) is 6.91. The van der Waals surface area contributed by atoms with Crippen molar-refractivity contribution in [3.05, 3.63) is 11.5 Å². The van der Waals surface area contributed by atoms with Gasteiger partial charge in [0.25, 0.3) is 0 Å². The van der Waals surface area contributed by atoms with Crippen LogP contribution < -0.4 is 5.73 Å². The summed E-state index contributed by atoms with van der Waals surface area (Å²) in [5.74, 6) is 5.05. The van der Waals surface area contributed by atoms with E-state index in [4.69, 9.17) is 12.2 Å². The average Bonchev–Trinajstić information content (AvgIpc) is 2.59. The van der Waals surface area contributed by atoms with Crippen molar-refractivity contribution in [2.24, 2.45) is 0 Å². The molecule has 1 aliphatic carbocycles. The van der Waals surface area contributed by atoms with E-state index in [1.807, 2.05) is 11.5 Å². The van der Waals surface area contributed by atoms with Crippen molar-refractivity contribution in [3.63, 3.8) is 0 Å². The molecular weight excluding hydrogens is 198 g/mol. The van der Waals surface area contributed by atoms with Gasteiger partial charge in [0, 0.05) is 5.92 Å². The first-order valence-corrected chi connectivity index (χ1v) is 6.00. The fourth-order valence-corrected chi connectivity index (χ4v) is 2.54. The van der Waals surface area contributed by atoms with Gasteiger partial charge in [-0.25, -0.2) is 4.98 Å². The Morgan fingerprint density at radius 3 is 2.75 bits per heavy atom. The lowest BCUT2D eigenvalue weighted by molar-refractivity contribution is 0.420. The van der Waals surface area contributed by atoms with E-state index >= 15 is 0 Å². The highest BCUT2D eigenvalue weighted by Gasteiger charge is 2.22. The molecule has 2 rings (SSSR count). The van der Waals surface area contributed by atoms with Gasteiger partial charge >= 0.3 is 0 Å². The van der Waals surface area contributed by atoms with Gasteiger partial charge in [-0.1, -0.05) is 25.2 Å². The Kier molecular flexibility index (Phi) is 3.19. The molecule has 16 heavy (non-hydrogen) atoms. The van der Waals surface area contributed by atoms with Gasteiger partial charge in [-0.05, 0) is 19.8 Å². The number of hydrogen-bond acceptors (Lipinski definition) is 2. The SMILES string of the molecule is C#CCn1c(C2CCCCC2)nc(C)c1N. The highest BCUT2D eigenvalue weighted by molar-refractivity contribution is 5.38. The number of nitrogens with zero attached hydrogens (tertiary/aromatic N) is 2. The highest BCUT2D eigenvalue weighted by atomic mass is 15.1. The Labute approximate surface area is 97.1 Å². The Bertz CT molecular complexity index is 406. The number of nitrogens with two attached hydrogens (primary N) is 1. The number of imidazole rings is 1. The van der Waals surface area contributed by atoms with Crippen LogP contribution in [0.4, 0.5) is 5.82 Å². The molecule has 0 bridgehead atoms. The molecule has 0 aliphatic heterocycles. The first-order chi connectivity index (χ1) is 7.74. The molecular formula is C13H19N3. The van der Waals surface area contributed by atoms with Crippen LogP contribution in [0.3, 0.4) is 0 Å². The number of nitrogen functional groups attached to an aromatic ring is 1. The molecule has 0 spiro atoms. The molecule has 2 N–H and O–H groups in total. The normalized spacial score (nSPS) is 17.2. The lowest BCUT2D eigenvalue weighted by Crippen LogP contribution is -2.13. The van der Waals surface area contributed by atoms with Crippen LogP contribution in [-0.2, 0) is 6.54 Å². The maximum Gasteiger partial charge on any atom is 0.127 e.